The number of nitrogens with zero attached hydrogens (tertiary/aromatic N) is 2. The Balaban J connectivity index is 1.48. The molecule has 0 radical (unpaired) electrons. The minimum Gasteiger partial charge on any atom is -0.371 e. The van der Waals surface area contributed by atoms with Crippen molar-refractivity contribution < 1.29 is 0 Å². The quantitative estimate of drug-likeness (QED) is 0.642. The highest BCUT2D eigenvalue weighted by molar-refractivity contribution is 6.30. The first-order valence-corrected chi connectivity index (χ1v) is 9.04. The van der Waals surface area contributed by atoms with Gasteiger partial charge in [0.1, 0.15) is 0 Å². The molecule has 2 fully saturated rings. The van der Waals surface area contributed by atoms with Gasteiger partial charge < -0.3 is 16.0 Å². The van der Waals surface area contributed by atoms with Gasteiger partial charge in [0.2, 0.25) is 0 Å². The Kier molecular flexibility index (Phi) is 5.31. The molecule has 0 spiro atoms. The zero-order chi connectivity index (χ0) is 16.2. The highest BCUT2D eigenvalue weighted by Crippen LogP contribution is 2.29. The van der Waals surface area contributed by atoms with Crippen molar-refractivity contribution in [1.29, 1.82) is 0 Å². The molecule has 2 aliphatic rings. The second-order valence-electron chi connectivity index (χ2n) is 6.94. The molecule has 126 valence electrons. The fourth-order valence-electron chi connectivity index (χ4n) is 3.35. The normalized spacial score (nSPS) is 22.3. The zero-order valence-electron chi connectivity index (χ0n) is 13.9. The topological polar surface area (TPSA) is 53.6 Å². The summed E-state index contributed by atoms with van der Waals surface area (Å²) in [5, 5.41) is 4.07. The van der Waals surface area contributed by atoms with Gasteiger partial charge in [0.05, 0.1) is 0 Å². The zero-order valence-corrected chi connectivity index (χ0v) is 14.6. The van der Waals surface area contributed by atoms with Gasteiger partial charge in [0, 0.05) is 36.9 Å². The molecule has 1 saturated heterocycles. The van der Waals surface area contributed by atoms with E-state index in [4.69, 9.17) is 17.3 Å². The predicted molar refractivity (Wildman–Crippen MR) is 98.3 cm³/mol. The van der Waals surface area contributed by atoms with Crippen LogP contribution in [0.1, 0.15) is 31.2 Å². The summed E-state index contributed by atoms with van der Waals surface area (Å²) in [5.74, 6) is 1.98. The Morgan fingerprint density at radius 2 is 2.17 bits per heavy atom. The number of hydrogen-bond donors (Lipinski definition) is 2. The number of halogens is 1. The van der Waals surface area contributed by atoms with Crippen LogP contribution < -0.4 is 16.0 Å². The van der Waals surface area contributed by atoms with Gasteiger partial charge in [-0.05, 0) is 55.7 Å². The van der Waals surface area contributed by atoms with E-state index in [-0.39, 0.29) is 0 Å². The molecule has 1 aliphatic heterocycles. The van der Waals surface area contributed by atoms with Crippen LogP contribution in [0.15, 0.2) is 23.2 Å². The summed E-state index contributed by atoms with van der Waals surface area (Å²) >= 11 is 6.14. The van der Waals surface area contributed by atoms with Gasteiger partial charge in [-0.2, -0.15) is 0 Å². The standard InChI is InChI=1S/C18H27ClN4/c1-13-5-6-16(19)9-17(13)23-8-7-15(12-23)11-22-18(20)21-10-14-3-2-4-14/h5-6,9,14-15H,2-4,7-8,10-12H2,1H3,(H3,20,21,22). The summed E-state index contributed by atoms with van der Waals surface area (Å²) in [6.07, 6.45) is 5.18. The van der Waals surface area contributed by atoms with E-state index < -0.39 is 0 Å². The number of guanidine groups is 1. The molecule has 0 amide bonds. The lowest BCUT2D eigenvalue weighted by Crippen LogP contribution is -2.37. The number of hydrogen-bond acceptors (Lipinski definition) is 2. The summed E-state index contributed by atoms with van der Waals surface area (Å²) in [5.41, 5.74) is 8.50. The number of rotatable bonds is 5. The maximum absolute atomic E-state index is 6.14. The Bertz CT molecular complexity index is 568. The summed E-state index contributed by atoms with van der Waals surface area (Å²) in [6, 6.07) is 6.11. The van der Waals surface area contributed by atoms with Crippen LogP contribution in [0.5, 0.6) is 0 Å². The minimum absolute atomic E-state index is 0.567. The van der Waals surface area contributed by atoms with Crippen molar-refractivity contribution >= 4 is 23.2 Å². The molecular weight excluding hydrogens is 308 g/mol. The summed E-state index contributed by atoms with van der Waals surface area (Å²) in [7, 11) is 0. The molecule has 1 saturated carbocycles. The maximum Gasteiger partial charge on any atom is 0.188 e. The predicted octanol–water partition coefficient (Wildman–Crippen LogP) is 3.18. The molecule has 1 aromatic carbocycles. The highest BCUT2D eigenvalue weighted by atomic mass is 35.5. The molecule has 3 rings (SSSR count). The van der Waals surface area contributed by atoms with Gasteiger partial charge in [-0.1, -0.05) is 24.1 Å². The molecule has 0 bridgehead atoms. The summed E-state index contributed by atoms with van der Waals surface area (Å²) in [6.45, 7) is 6.02. The van der Waals surface area contributed by atoms with Crippen LogP contribution in [0.25, 0.3) is 0 Å². The third kappa shape index (κ3) is 4.31. The van der Waals surface area contributed by atoms with Crippen molar-refractivity contribution in [3.63, 3.8) is 0 Å². The van der Waals surface area contributed by atoms with E-state index in [1.165, 1.54) is 30.5 Å². The average molecular weight is 335 g/mol. The van der Waals surface area contributed by atoms with Gasteiger partial charge in [-0.15, -0.1) is 0 Å². The van der Waals surface area contributed by atoms with Crippen LogP contribution in [0.2, 0.25) is 5.02 Å². The lowest BCUT2D eigenvalue weighted by molar-refractivity contribution is 0.315. The fourth-order valence-corrected chi connectivity index (χ4v) is 3.52. The van der Waals surface area contributed by atoms with Crippen molar-refractivity contribution in [2.24, 2.45) is 22.6 Å². The molecule has 1 aliphatic carbocycles. The molecule has 5 heteroatoms. The number of anilines is 1. The van der Waals surface area contributed by atoms with E-state index in [1.54, 1.807) is 0 Å². The first kappa shape index (κ1) is 16.4. The minimum atomic E-state index is 0.567. The number of aliphatic imine (C=N–C) groups is 1. The van der Waals surface area contributed by atoms with Crippen molar-refractivity contribution in [1.82, 2.24) is 5.32 Å². The number of aryl methyl sites for hydroxylation is 1. The van der Waals surface area contributed by atoms with Crippen LogP contribution in [0, 0.1) is 18.8 Å². The molecule has 1 aromatic rings. The Hall–Kier alpha value is -1.42. The van der Waals surface area contributed by atoms with Crippen LogP contribution in [-0.2, 0) is 0 Å². The SMILES string of the molecule is Cc1ccc(Cl)cc1N1CCC(CN=C(N)NCC2CCC2)C1. The molecule has 0 aromatic heterocycles. The number of nitrogens with one attached hydrogen (secondary N) is 1. The first-order chi connectivity index (χ1) is 11.1. The molecule has 1 atom stereocenters. The van der Waals surface area contributed by atoms with Crippen molar-refractivity contribution in [3.8, 4) is 0 Å². The Morgan fingerprint density at radius 3 is 2.91 bits per heavy atom. The molecule has 1 heterocycles. The fraction of sp³-hybridized carbons (Fsp3) is 0.611. The van der Waals surface area contributed by atoms with Gasteiger partial charge >= 0.3 is 0 Å². The van der Waals surface area contributed by atoms with Crippen molar-refractivity contribution in [2.45, 2.75) is 32.6 Å². The van der Waals surface area contributed by atoms with Crippen LogP contribution in [0.3, 0.4) is 0 Å². The van der Waals surface area contributed by atoms with E-state index in [2.05, 4.69) is 34.3 Å². The van der Waals surface area contributed by atoms with E-state index in [0.29, 0.717) is 11.9 Å². The van der Waals surface area contributed by atoms with Crippen LogP contribution in [-0.4, -0.2) is 32.1 Å². The van der Waals surface area contributed by atoms with Gasteiger partial charge in [0.25, 0.3) is 0 Å². The van der Waals surface area contributed by atoms with Crippen molar-refractivity contribution in [2.75, 3.05) is 31.1 Å². The Morgan fingerprint density at radius 1 is 1.35 bits per heavy atom. The van der Waals surface area contributed by atoms with Gasteiger partial charge in [-0.25, -0.2) is 0 Å². The van der Waals surface area contributed by atoms with Gasteiger partial charge in [-0.3, -0.25) is 4.99 Å². The van der Waals surface area contributed by atoms with E-state index in [9.17, 15) is 0 Å². The molecule has 1 unspecified atom stereocenters. The van der Waals surface area contributed by atoms with E-state index >= 15 is 0 Å². The van der Waals surface area contributed by atoms with Crippen molar-refractivity contribution in [3.05, 3.63) is 28.8 Å². The maximum atomic E-state index is 6.14. The molecule has 23 heavy (non-hydrogen) atoms. The van der Waals surface area contributed by atoms with Crippen LogP contribution in [0.4, 0.5) is 5.69 Å². The van der Waals surface area contributed by atoms with Gasteiger partial charge in [0.15, 0.2) is 5.96 Å². The summed E-state index contributed by atoms with van der Waals surface area (Å²) < 4.78 is 0. The van der Waals surface area contributed by atoms with E-state index in [0.717, 1.165) is 43.5 Å². The lowest BCUT2D eigenvalue weighted by Gasteiger charge is -2.25. The molecule has 4 nitrogen and oxygen atoms in total. The Labute approximate surface area is 144 Å². The van der Waals surface area contributed by atoms with E-state index in [1.807, 2.05) is 6.07 Å². The largest absolute Gasteiger partial charge is 0.371 e. The number of benzene rings is 1. The third-order valence-corrected chi connectivity index (χ3v) is 5.35. The number of nitrogens with two attached hydrogens (primary N) is 1. The summed E-state index contributed by atoms with van der Waals surface area (Å²) in [4.78, 5) is 6.95. The van der Waals surface area contributed by atoms with Crippen LogP contribution >= 0.6 is 11.6 Å². The highest BCUT2D eigenvalue weighted by Gasteiger charge is 2.23. The second-order valence-corrected chi connectivity index (χ2v) is 7.37. The average Bonchev–Trinajstić information content (AvgIpc) is 2.95. The lowest BCUT2D eigenvalue weighted by atomic mass is 9.85. The second kappa shape index (κ2) is 7.43. The molecular formula is C18H27ClN4. The third-order valence-electron chi connectivity index (χ3n) is 5.11. The first-order valence-electron chi connectivity index (χ1n) is 8.66. The molecule has 3 N–H and O–H groups in total. The monoisotopic (exact) mass is 334 g/mol. The smallest absolute Gasteiger partial charge is 0.188 e.